The van der Waals surface area contributed by atoms with Crippen molar-refractivity contribution in [2.24, 2.45) is 5.92 Å². The van der Waals surface area contributed by atoms with Crippen molar-refractivity contribution in [3.8, 4) is 0 Å². The molecule has 4 heteroatoms. The van der Waals surface area contributed by atoms with Crippen LogP contribution in [0, 0.1) is 5.92 Å². The lowest BCUT2D eigenvalue weighted by molar-refractivity contribution is 0.434. The van der Waals surface area contributed by atoms with Crippen LogP contribution in [0.1, 0.15) is 32.4 Å². The first-order valence-corrected chi connectivity index (χ1v) is 6.35. The minimum Gasteiger partial charge on any atom is -0.341 e. The molecule has 0 unspecified atom stereocenters. The van der Waals surface area contributed by atoms with E-state index in [0.29, 0.717) is 5.15 Å². The van der Waals surface area contributed by atoms with Crippen molar-refractivity contribution in [1.82, 2.24) is 9.97 Å². The van der Waals surface area contributed by atoms with Gasteiger partial charge in [-0.3, -0.25) is 0 Å². The summed E-state index contributed by atoms with van der Waals surface area (Å²) in [5, 5.41) is 0.556. The molecule has 88 valence electrons. The molecule has 0 spiro atoms. The molecule has 1 aromatic rings. The van der Waals surface area contributed by atoms with E-state index in [1.54, 1.807) is 0 Å². The van der Waals surface area contributed by atoms with Crippen LogP contribution < -0.4 is 4.90 Å². The Morgan fingerprint density at radius 2 is 2.06 bits per heavy atom. The number of aryl methyl sites for hydroxylation is 1. The molecule has 2 rings (SSSR count). The van der Waals surface area contributed by atoms with Gasteiger partial charge in [0.1, 0.15) is 5.15 Å². The van der Waals surface area contributed by atoms with Crippen LogP contribution in [-0.4, -0.2) is 23.1 Å². The lowest BCUT2D eigenvalue weighted by atomic mass is 10.00. The minimum absolute atomic E-state index is 0.556. The zero-order valence-corrected chi connectivity index (χ0v) is 10.7. The number of nitrogens with zero attached hydrogens (tertiary/aromatic N) is 3. The van der Waals surface area contributed by atoms with Crippen LogP contribution in [0.5, 0.6) is 0 Å². The van der Waals surface area contributed by atoms with E-state index in [9.17, 15) is 0 Å². The second-order valence-electron chi connectivity index (χ2n) is 4.51. The average molecular weight is 240 g/mol. The van der Waals surface area contributed by atoms with E-state index in [4.69, 9.17) is 11.6 Å². The first kappa shape index (κ1) is 11.6. The summed E-state index contributed by atoms with van der Waals surface area (Å²) in [5.41, 5.74) is 1.02. The van der Waals surface area contributed by atoms with Gasteiger partial charge in [0.25, 0.3) is 0 Å². The van der Waals surface area contributed by atoms with Gasteiger partial charge in [0, 0.05) is 18.8 Å². The predicted molar refractivity (Wildman–Crippen MR) is 67.0 cm³/mol. The Balaban J connectivity index is 2.16. The summed E-state index contributed by atoms with van der Waals surface area (Å²) in [6.45, 7) is 6.48. The molecular weight excluding hydrogens is 222 g/mol. The van der Waals surface area contributed by atoms with Crippen molar-refractivity contribution in [2.75, 3.05) is 18.0 Å². The second kappa shape index (κ2) is 5.00. The molecule has 0 aromatic carbocycles. The molecule has 1 fully saturated rings. The van der Waals surface area contributed by atoms with E-state index in [0.717, 1.165) is 37.1 Å². The van der Waals surface area contributed by atoms with Gasteiger partial charge in [-0.15, -0.1) is 0 Å². The van der Waals surface area contributed by atoms with E-state index in [1.807, 2.05) is 6.07 Å². The van der Waals surface area contributed by atoms with Crippen molar-refractivity contribution >= 4 is 17.5 Å². The fourth-order valence-electron chi connectivity index (χ4n) is 1.98. The highest BCUT2D eigenvalue weighted by atomic mass is 35.5. The van der Waals surface area contributed by atoms with Gasteiger partial charge in [-0.2, -0.15) is 0 Å². The molecular formula is C12H18ClN3. The molecule has 1 aliphatic rings. The maximum atomic E-state index is 6.00. The van der Waals surface area contributed by atoms with Crippen LogP contribution in [0.25, 0.3) is 0 Å². The number of piperidine rings is 1. The molecule has 1 aromatic heterocycles. The van der Waals surface area contributed by atoms with Gasteiger partial charge < -0.3 is 4.90 Å². The molecule has 3 nitrogen and oxygen atoms in total. The predicted octanol–water partition coefficient (Wildman–Crippen LogP) is 2.93. The normalized spacial score (nSPS) is 17.8. The van der Waals surface area contributed by atoms with E-state index < -0.39 is 0 Å². The van der Waals surface area contributed by atoms with Crippen LogP contribution >= 0.6 is 11.6 Å². The van der Waals surface area contributed by atoms with Crippen LogP contribution in [-0.2, 0) is 6.42 Å². The summed E-state index contributed by atoms with van der Waals surface area (Å²) >= 11 is 6.00. The highest BCUT2D eigenvalue weighted by molar-refractivity contribution is 6.29. The topological polar surface area (TPSA) is 29.0 Å². The van der Waals surface area contributed by atoms with Crippen molar-refractivity contribution in [3.63, 3.8) is 0 Å². The van der Waals surface area contributed by atoms with Crippen molar-refractivity contribution < 1.29 is 0 Å². The van der Waals surface area contributed by atoms with Gasteiger partial charge in [-0.25, -0.2) is 9.97 Å². The molecule has 2 heterocycles. The second-order valence-corrected chi connectivity index (χ2v) is 4.89. The number of aromatic nitrogens is 2. The number of rotatable bonds is 2. The van der Waals surface area contributed by atoms with Gasteiger partial charge in [-0.1, -0.05) is 25.4 Å². The number of anilines is 1. The lowest BCUT2D eigenvalue weighted by Gasteiger charge is -2.30. The summed E-state index contributed by atoms with van der Waals surface area (Å²) in [6.07, 6.45) is 3.34. The third-order valence-corrected chi connectivity index (χ3v) is 3.36. The summed E-state index contributed by atoms with van der Waals surface area (Å²) in [7, 11) is 0. The Hall–Kier alpha value is -0.830. The maximum Gasteiger partial charge on any atom is 0.226 e. The average Bonchev–Trinajstić information content (AvgIpc) is 2.29. The van der Waals surface area contributed by atoms with Crippen LogP contribution in [0.15, 0.2) is 6.07 Å². The fourth-order valence-corrected chi connectivity index (χ4v) is 2.18. The first-order valence-electron chi connectivity index (χ1n) is 5.97. The van der Waals surface area contributed by atoms with Crippen LogP contribution in [0.4, 0.5) is 5.95 Å². The summed E-state index contributed by atoms with van der Waals surface area (Å²) in [6, 6.07) is 1.84. The molecule has 0 amide bonds. The summed E-state index contributed by atoms with van der Waals surface area (Å²) in [4.78, 5) is 11.1. The zero-order chi connectivity index (χ0) is 11.5. The quantitative estimate of drug-likeness (QED) is 0.744. The zero-order valence-electron chi connectivity index (χ0n) is 9.91. The molecule has 0 bridgehead atoms. The number of halogens is 1. The SMILES string of the molecule is CCc1cc(Cl)nc(N2CCC(C)CC2)n1. The van der Waals surface area contributed by atoms with Gasteiger partial charge in [-0.05, 0) is 31.2 Å². The van der Waals surface area contributed by atoms with Gasteiger partial charge in [0.15, 0.2) is 0 Å². The summed E-state index contributed by atoms with van der Waals surface area (Å²) < 4.78 is 0. The lowest BCUT2D eigenvalue weighted by Crippen LogP contribution is -2.34. The Morgan fingerprint density at radius 1 is 1.38 bits per heavy atom. The van der Waals surface area contributed by atoms with Gasteiger partial charge >= 0.3 is 0 Å². The molecule has 0 saturated carbocycles. The van der Waals surface area contributed by atoms with Crippen LogP contribution in [0.2, 0.25) is 5.15 Å². The Kier molecular flexibility index (Phi) is 3.64. The Labute approximate surface area is 102 Å². The standard InChI is InChI=1S/C12H18ClN3/c1-3-10-8-11(13)15-12(14-10)16-6-4-9(2)5-7-16/h8-9H,3-7H2,1-2H3. The maximum absolute atomic E-state index is 6.00. The van der Waals surface area contributed by atoms with E-state index in [1.165, 1.54) is 12.8 Å². The Morgan fingerprint density at radius 3 is 2.69 bits per heavy atom. The van der Waals surface area contributed by atoms with Crippen molar-refractivity contribution in [2.45, 2.75) is 33.1 Å². The van der Waals surface area contributed by atoms with Gasteiger partial charge in [0.2, 0.25) is 5.95 Å². The number of hydrogen-bond acceptors (Lipinski definition) is 3. The third kappa shape index (κ3) is 2.64. The molecule has 16 heavy (non-hydrogen) atoms. The Bertz CT molecular complexity index is 359. The molecule has 0 atom stereocenters. The molecule has 1 saturated heterocycles. The first-order chi connectivity index (χ1) is 7.69. The smallest absolute Gasteiger partial charge is 0.226 e. The highest BCUT2D eigenvalue weighted by Gasteiger charge is 2.18. The molecule has 0 N–H and O–H groups in total. The summed E-state index contributed by atoms with van der Waals surface area (Å²) in [5.74, 6) is 1.62. The van der Waals surface area contributed by atoms with Crippen LogP contribution in [0.3, 0.4) is 0 Å². The van der Waals surface area contributed by atoms with E-state index in [2.05, 4.69) is 28.7 Å². The van der Waals surface area contributed by atoms with E-state index >= 15 is 0 Å². The highest BCUT2D eigenvalue weighted by Crippen LogP contribution is 2.21. The molecule has 1 aliphatic heterocycles. The third-order valence-electron chi connectivity index (χ3n) is 3.16. The minimum atomic E-state index is 0.556. The largest absolute Gasteiger partial charge is 0.341 e. The van der Waals surface area contributed by atoms with Crippen molar-refractivity contribution in [3.05, 3.63) is 16.9 Å². The molecule has 0 aliphatic carbocycles. The monoisotopic (exact) mass is 239 g/mol. The van der Waals surface area contributed by atoms with Gasteiger partial charge in [0.05, 0.1) is 0 Å². The fraction of sp³-hybridized carbons (Fsp3) is 0.667. The number of hydrogen-bond donors (Lipinski definition) is 0. The molecule has 0 radical (unpaired) electrons. The van der Waals surface area contributed by atoms with Crippen molar-refractivity contribution in [1.29, 1.82) is 0 Å². The van der Waals surface area contributed by atoms with E-state index in [-0.39, 0.29) is 0 Å².